The van der Waals surface area contributed by atoms with E-state index in [-0.39, 0.29) is 17.2 Å². The Morgan fingerprint density at radius 3 is 2.28 bits per heavy atom. The molecule has 0 N–H and O–H groups in total. The number of alkyl halides is 1. The predicted molar refractivity (Wildman–Crippen MR) is 181 cm³/mol. The van der Waals surface area contributed by atoms with Gasteiger partial charge in [0.15, 0.2) is 14.1 Å². The summed E-state index contributed by atoms with van der Waals surface area (Å²) in [6, 6.07) is 16.8. The average Bonchev–Trinajstić information content (AvgIpc) is 3.25. The van der Waals surface area contributed by atoms with Crippen LogP contribution < -0.4 is 4.74 Å². The van der Waals surface area contributed by atoms with E-state index >= 15 is 0 Å². The lowest BCUT2D eigenvalue weighted by Gasteiger charge is -2.40. The van der Waals surface area contributed by atoms with Gasteiger partial charge in [0, 0.05) is 4.43 Å². The van der Waals surface area contributed by atoms with Crippen LogP contribution in [0.1, 0.15) is 63.9 Å². The molecule has 3 rings (SSSR count). The Morgan fingerprint density at radius 1 is 1.05 bits per heavy atom. The summed E-state index contributed by atoms with van der Waals surface area (Å²) in [5.41, 5.74) is 1.49. The highest BCUT2D eigenvalue weighted by Gasteiger charge is 2.46. The molecule has 0 saturated carbocycles. The van der Waals surface area contributed by atoms with Gasteiger partial charge in [0.2, 0.25) is 0 Å². The Labute approximate surface area is 272 Å². The third-order valence-electron chi connectivity index (χ3n) is 8.03. The molecule has 2 aromatic carbocycles. The Balaban J connectivity index is 1.93. The number of rotatable bonds is 14. The van der Waals surface area contributed by atoms with Gasteiger partial charge in [-0.25, -0.2) is 4.79 Å². The molecule has 1 heterocycles. The van der Waals surface area contributed by atoms with Gasteiger partial charge < -0.3 is 28.1 Å². The van der Waals surface area contributed by atoms with Crippen LogP contribution in [0.5, 0.6) is 5.75 Å². The minimum Gasteiger partial charge on any atom is -0.497 e. The van der Waals surface area contributed by atoms with Gasteiger partial charge in [0.05, 0.1) is 31.5 Å². The highest BCUT2D eigenvalue weighted by Crippen LogP contribution is 2.38. The lowest BCUT2D eigenvalue weighted by molar-refractivity contribution is -0.153. The first-order valence-electron chi connectivity index (χ1n) is 14.9. The number of benzene rings is 2. The maximum atomic E-state index is 13.3. The zero-order valence-electron chi connectivity index (χ0n) is 27.1. The van der Waals surface area contributed by atoms with E-state index in [0.717, 1.165) is 22.2 Å². The Kier molecular flexibility index (Phi) is 12.9. The molecule has 0 aromatic heterocycles. The van der Waals surface area contributed by atoms with Crippen molar-refractivity contribution in [1.82, 2.24) is 0 Å². The van der Waals surface area contributed by atoms with Gasteiger partial charge in [-0.3, -0.25) is 0 Å². The number of carbonyl (C=O) groups is 1. The molecule has 1 saturated heterocycles. The van der Waals surface area contributed by atoms with Crippen LogP contribution in [0.4, 0.5) is 0 Å². The molecule has 238 valence electrons. The summed E-state index contributed by atoms with van der Waals surface area (Å²) < 4.78 is 38.2. The number of hydrogen-bond acceptors (Lipinski definition) is 7. The van der Waals surface area contributed by atoms with Gasteiger partial charge in [-0.15, -0.1) is 0 Å². The second-order valence-electron chi connectivity index (χ2n) is 12.9. The number of carbonyl (C=O) groups excluding carboxylic acids is 1. The second-order valence-corrected chi connectivity index (χ2v) is 18.8. The molecule has 43 heavy (non-hydrogen) atoms. The smallest absolute Gasteiger partial charge is 0.338 e. The fraction of sp³-hybridized carbons (Fsp3) is 0.559. The van der Waals surface area contributed by atoms with E-state index in [4.69, 9.17) is 28.1 Å². The van der Waals surface area contributed by atoms with Crippen LogP contribution >= 0.6 is 22.6 Å². The Morgan fingerprint density at radius 2 is 1.70 bits per heavy atom. The van der Waals surface area contributed by atoms with Gasteiger partial charge >= 0.3 is 5.97 Å². The first kappa shape index (κ1) is 35.7. The SMILES string of the molecule is COc1ccc(CO[C@H](/C=C\C(OC(=O)c2ccccc2)[C@H]2OC(C)(C)O[C@H]2CCI)[C@H](C)O[Si](C)(C)C(C)(C)C)cc1. The van der Waals surface area contributed by atoms with E-state index in [9.17, 15) is 4.79 Å². The van der Waals surface area contributed by atoms with Gasteiger partial charge in [0.1, 0.15) is 24.1 Å². The van der Waals surface area contributed by atoms with Crippen molar-refractivity contribution in [2.45, 2.75) is 109 Å². The highest BCUT2D eigenvalue weighted by molar-refractivity contribution is 14.1. The average molecular weight is 725 g/mol. The van der Waals surface area contributed by atoms with Crippen LogP contribution in [0.15, 0.2) is 66.7 Å². The lowest BCUT2D eigenvalue weighted by atomic mass is 10.0. The summed E-state index contributed by atoms with van der Waals surface area (Å²) in [4.78, 5) is 13.3. The predicted octanol–water partition coefficient (Wildman–Crippen LogP) is 8.12. The molecular weight excluding hydrogens is 675 g/mol. The fourth-order valence-corrected chi connectivity index (χ4v) is 6.67. The summed E-state index contributed by atoms with van der Waals surface area (Å²) in [5.74, 6) is -0.422. The van der Waals surface area contributed by atoms with Crippen molar-refractivity contribution in [2.24, 2.45) is 0 Å². The molecule has 2 aromatic rings. The van der Waals surface area contributed by atoms with Crippen LogP contribution in [0, 0.1) is 0 Å². The van der Waals surface area contributed by atoms with Crippen LogP contribution in [0.25, 0.3) is 0 Å². The molecule has 0 bridgehead atoms. The molecule has 5 atom stereocenters. The van der Waals surface area contributed by atoms with E-state index in [2.05, 4.69) is 56.5 Å². The van der Waals surface area contributed by atoms with Crippen LogP contribution in [0.2, 0.25) is 18.1 Å². The van der Waals surface area contributed by atoms with Crippen molar-refractivity contribution >= 4 is 36.9 Å². The largest absolute Gasteiger partial charge is 0.497 e. The van der Waals surface area contributed by atoms with E-state index < -0.39 is 38.4 Å². The molecule has 7 nitrogen and oxygen atoms in total. The van der Waals surface area contributed by atoms with Gasteiger partial charge in [-0.2, -0.15) is 0 Å². The standard InChI is InChI=1S/C34H49IO7Si/c1-24(42-43(8,9)33(2,3)4)28(38-23-25-15-17-27(37-7)18-16-25)19-20-29(39-32(36)26-13-11-10-12-14-26)31-30(21-22-35)40-34(5,6)41-31/h10-20,24,28-31H,21-23H2,1-9H3/b20-19-/t24-,28+,29?,30-,31+/m0/s1. The van der Waals surface area contributed by atoms with Crippen molar-refractivity contribution in [3.05, 3.63) is 77.9 Å². The van der Waals surface area contributed by atoms with E-state index in [1.807, 2.05) is 75.4 Å². The summed E-state index contributed by atoms with van der Waals surface area (Å²) in [6.07, 6.45) is 2.55. The lowest BCUT2D eigenvalue weighted by Crippen LogP contribution is -2.46. The maximum absolute atomic E-state index is 13.3. The molecule has 1 unspecified atom stereocenters. The minimum absolute atomic E-state index is 0.0343. The van der Waals surface area contributed by atoms with E-state index in [1.54, 1.807) is 19.2 Å². The van der Waals surface area contributed by atoms with Gasteiger partial charge in [0.25, 0.3) is 0 Å². The van der Waals surface area contributed by atoms with Crippen molar-refractivity contribution in [1.29, 1.82) is 0 Å². The highest BCUT2D eigenvalue weighted by atomic mass is 127. The molecule has 0 radical (unpaired) electrons. The van der Waals surface area contributed by atoms with Crippen LogP contribution in [-0.2, 0) is 30.0 Å². The summed E-state index contributed by atoms with van der Waals surface area (Å²) >= 11 is 2.34. The number of halogens is 1. The maximum Gasteiger partial charge on any atom is 0.338 e. The molecule has 0 spiro atoms. The Bertz CT molecular complexity index is 1180. The van der Waals surface area contributed by atoms with Crippen molar-refractivity contribution in [3.8, 4) is 5.75 Å². The molecule has 1 aliphatic heterocycles. The van der Waals surface area contributed by atoms with Crippen molar-refractivity contribution in [2.75, 3.05) is 11.5 Å². The first-order valence-corrected chi connectivity index (χ1v) is 19.4. The quantitative estimate of drug-likeness (QED) is 0.0641. The molecular formula is C34H49IO7Si. The van der Waals surface area contributed by atoms with Crippen LogP contribution in [0.3, 0.4) is 0 Å². The van der Waals surface area contributed by atoms with E-state index in [1.165, 1.54) is 0 Å². The van der Waals surface area contributed by atoms with Crippen LogP contribution in [-0.4, -0.2) is 62.1 Å². The number of ether oxygens (including phenoxy) is 5. The molecule has 0 amide bonds. The topological polar surface area (TPSA) is 72.5 Å². The zero-order valence-corrected chi connectivity index (χ0v) is 30.3. The first-order chi connectivity index (χ1) is 20.2. The molecule has 0 aliphatic carbocycles. The molecule has 1 fully saturated rings. The summed E-state index contributed by atoms with van der Waals surface area (Å²) in [5, 5.41) is 0.0343. The number of esters is 1. The monoisotopic (exact) mass is 724 g/mol. The third-order valence-corrected chi connectivity index (χ3v) is 13.2. The van der Waals surface area contributed by atoms with Gasteiger partial charge in [-0.1, -0.05) is 79.8 Å². The fourth-order valence-electron chi connectivity index (χ4n) is 4.64. The van der Waals surface area contributed by atoms with Crippen molar-refractivity contribution < 1.29 is 32.9 Å². The summed E-state index contributed by atoms with van der Waals surface area (Å²) in [6.45, 7) is 17.3. The van der Waals surface area contributed by atoms with E-state index in [0.29, 0.717) is 12.2 Å². The molecule has 9 heteroatoms. The third kappa shape index (κ3) is 10.4. The zero-order chi connectivity index (χ0) is 31.8. The molecule has 1 aliphatic rings. The van der Waals surface area contributed by atoms with Crippen molar-refractivity contribution in [3.63, 3.8) is 0 Å². The Hall–Kier alpha value is -1.76. The second kappa shape index (κ2) is 15.5. The number of methoxy groups -OCH3 is 1. The van der Waals surface area contributed by atoms with Gasteiger partial charge in [-0.05, 0) is 81.2 Å². The summed E-state index contributed by atoms with van der Waals surface area (Å²) in [7, 11) is -0.455. The number of hydrogen-bond donors (Lipinski definition) is 0. The minimum atomic E-state index is -2.11. The normalized spacial score (nSPS) is 21.0.